The van der Waals surface area contributed by atoms with Crippen LogP contribution in [-0.2, 0) is 0 Å². The van der Waals surface area contributed by atoms with Gasteiger partial charge in [0.25, 0.3) is 0 Å². The zero-order valence-electron chi connectivity index (χ0n) is 44.9. The minimum atomic E-state index is 0.219. The van der Waals surface area contributed by atoms with Crippen LogP contribution >= 0.6 is 0 Å². The fourth-order valence-electron chi connectivity index (χ4n) is 12.1. The Hall–Kier alpha value is -9.70. The molecule has 3 nitrogen and oxygen atoms in total. The summed E-state index contributed by atoms with van der Waals surface area (Å²) < 4.78 is 0. The van der Waals surface area contributed by atoms with Crippen molar-refractivity contribution in [3.63, 3.8) is 0 Å². The van der Waals surface area contributed by atoms with E-state index in [0.29, 0.717) is 5.92 Å². The normalized spacial score (nSPS) is 14.3. The molecule has 380 valence electrons. The van der Waals surface area contributed by atoms with E-state index in [2.05, 4.69) is 333 Å². The summed E-state index contributed by atoms with van der Waals surface area (Å²) in [6, 6.07) is 103. The average molecular weight is 1020 g/mol. The smallest absolute Gasteiger partial charge is 0.0462 e. The van der Waals surface area contributed by atoms with Crippen LogP contribution < -0.4 is 14.7 Å². The molecule has 11 aromatic carbocycles. The molecule has 2 bridgehead atoms. The van der Waals surface area contributed by atoms with E-state index in [0.717, 1.165) is 51.2 Å². The van der Waals surface area contributed by atoms with Crippen molar-refractivity contribution in [2.75, 3.05) is 14.7 Å². The number of hydrogen-bond donors (Lipinski definition) is 0. The molecule has 0 amide bonds. The largest absolute Gasteiger partial charge is 0.311 e. The quantitative estimate of drug-likeness (QED) is 0.101. The highest BCUT2D eigenvalue weighted by Gasteiger charge is 2.38. The lowest BCUT2D eigenvalue weighted by Crippen LogP contribution is -2.24. The third kappa shape index (κ3) is 9.55. The van der Waals surface area contributed by atoms with Gasteiger partial charge in [0, 0.05) is 63.0 Å². The molecule has 0 saturated carbocycles. The first-order valence-corrected chi connectivity index (χ1v) is 27.7. The predicted molar refractivity (Wildman–Crippen MR) is 334 cm³/mol. The minimum absolute atomic E-state index is 0.219. The van der Waals surface area contributed by atoms with Crippen LogP contribution in [0.5, 0.6) is 0 Å². The third-order valence-corrected chi connectivity index (χ3v) is 16.0. The SMILES string of the molecule is CC1=CC2C(C(C)C)=CC1c1c(-c3ccc(N(c4ccccc4)c4ccc(-c5ccc(-c6ccc(N(c7ccccc7)c7ccccc7)cc6)cc5)cc4)cc3)ccc(-c3ccc(N(c4ccccc4)c4ccccc4)cc3)c12. The summed E-state index contributed by atoms with van der Waals surface area (Å²) in [5.41, 5.74) is 25.8. The van der Waals surface area contributed by atoms with Gasteiger partial charge in [0.15, 0.2) is 0 Å². The Bertz CT molecular complexity index is 3850. The second-order valence-corrected chi connectivity index (χ2v) is 21.1. The molecule has 0 heterocycles. The van der Waals surface area contributed by atoms with Crippen molar-refractivity contribution < 1.29 is 0 Å². The van der Waals surface area contributed by atoms with Crippen LogP contribution in [0.2, 0.25) is 0 Å². The van der Waals surface area contributed by atoms with Gasteiger partial charge in [-0.25, -0.2) is 0 Å². The van der Waals surface area contributed by atoms with Crippen LogP contribution in [0.3, 0.4) is 0 Å². The van der Waals surface area contributed by atoms with E-state index in [1.54, 1.807) is 0 Å². The topological polar surface area (TPSA) is 9.72 Å². The summed E-state index contributed by atoms with van der Waals surface area (Å²) in [6.45, 7) is 7.03. The van der Waals surface area contributed by atoms with Crippen molar-refractivity contribution in [2.45, 2.75) is 32.6 Å². The van der Waals surface area contributed by atoms with Crippen molar-refractivity contribution in [1.29, 1.82) is 0 Å². The Morgan fingerprint density at radius 3 is 0.772 bits per heavy atom. The van der Waals surface area contributed by atoms with Crippen molar-refractivity contribution in [3.05, 3.63) is 320 Å². The van der Waals surface area contributed by atoms with E-state index < -0.39 is 0 Å². The Morgan fingerprint density at radius 2 is 0.494 bits per heavy atom. The molecule has 0 aliphatic heterocycles. The molecule has 0 fully saturated rings. The number of rotatable bonds is 14. The number of anilines is 9. The standard InChI is InChI=1S/C76H61N3/c1-53(2)72-52-73-54(3)51-74(72)76-71(60-39-45-68(46-40-60)78(63-23-13-6-14-24-63)64-25-15-7-16-26-64)50-49-70(75(73)76)59-37-47-69(48-38-59)79(65-27-17-8-18-28-65)67-43-35-58(36-44-67)56-31-29-55(30-32-56)57-33-41-66(42-34-57)77(61-19-9-4-10-20-61)62-21-11-5-12-22-62/h4-53,73-74H,1-3H3. The molecule has 3 aliphatic carbocycles. The van der Waals surface area contributed by atoms with E-state index in [-0.39, 0.29) is 11.8 Å². The Kier molecular flexibility index (Phi) is 13.2. The summed E-state index contributed by atoms with van der Waals surface area (Å²) in [7, 11) is 0. The predicted octanol–water partition coefficient (Wildman–Crippen LogP) is 21.5. The monoisotopic (exact) mass is 1020 g/mol. The van der Waals surface area contributed by atoms with Gasteiger partial charge in [-0.3, -0.25) is 0 Å². The average Bonchev–Trinajstić information content (AvgIpc) is 3.57. The lowest BCUT2D eigenvalue weighted by atomic mass is 9.63. The van der Waals surface area contributed by atoms with Crippen molar-refractivity contribution in [2.24, 2.45) is 5.92 Å². The Labute approximate surface area is 466 Å². The first-order chi connectivity index (χ1) is 38.9. The molecule has 14 rings (SSSR count). The highest BCUT2D eigenvalue weighted by molar-refractivity contribution is 5.87. The van der Waals surface area contributed by atoms with E-state index >= 15 is 0 Å². The summed E-state index contributed by atoms with van der Waals surface area (Å²) >= 11 is 0. The fourth-order valence-corrected chi connectivity index (χ4v) is 12.1. The maximum atomic E-state index is 2.58. The molecular formula is C76H61N3. The van der Waals surface area contributed by atoms with Crippen LogP contribution in [0.1, 0.15) is 43.7 Å². The zero-order chi connectivity index (χ0) is 53.2. The van der Waals surface area contributed by atoms with Gasteiger partial charge in [-0.05, 0) is 178 Å². The van der Waals surface area contributed by atoms with Crippen molar-refractivity contribution in [3.8, 4) is 44.5 Å². The van der Waals surface area contributed by atoms with E-state index in [9.17, 15) is 0 Å². The Balaban J connectivity index is 0.787. The van der Waals surface area contributed by atoms with E-state index in [1.165, 1.54) is 66.8 Å². The summed E-state index contributed by atoms with van der Waals surface area (Å²) in [5, 5.41) is 0. The van der Waals surface area contributed by atoms with Crippen LogP contribution in [-0.4, -0.2) is 0 Å². The maximum Gasteiger partial charge on any atom is 0.0462 e. The highest BCUT2D eigenvalue weighted by atomic mass is 15.2. The molecule has 79 heavy (non-hydrogen) atoms. The van der Waals surface area contributed by atoms with Crippen molar-refractivity contribution >= 4 is 51.2 Å². The first kappa shape index (κ1) is 48.9. The number of benzene rings is 11. The lowest BCUT2D eigenvalue weighted by molar-refractivity contribution is 0.656. The molecule has 0 aromatic heterocycles. The third-order valence-electron chi connectivity index (χ3n) is 16.0. The van der Waals surface area contributed by atoms with E-state index in [4.69, 9.17) is 0 Å². The van der Waals surface area contributed by atoms with Crippen LogP contribution in [0.4, 0.5) is 51.2 Å². The number of allylic oxidation sites excluding steroid dienone is 4. The maximum absolute atomic E-state index is 2.58. The second-order valence-electron chi connectivity index (χ2n) is 21.1. The molecule has 0 N–H and O–H groups in total. The number of hydrogen-bond acceptors (Lipinski definition) is 3. The van der Waals surface area contributed by atoms with Gasteiger partial charge in [0.05, 0.1) is 0 Å². The van der Waals surface area contributed by atoms with Gasteiger partial charge in [-0.1, -0.05) is 213 Å². The lowest BCUT2D eigenvalue weighted by Gasteiger charge is -2.40. The van der Waals surface area contributed by atoms with Crippen LogP contribution in [0, 0.1) is 5.92 Å². The molecule has 0 spiro atoms. The van der Waals surface area contributed by atoms with Gasteiger partial charge in [0.2, 0.25) is 0 Å². The van der Waals surface area contributed by atoms with Gasteiger partial charge < -0.3 is 14.7 Å². The second kappa shape index (κ2) is 21.4. The Morgan fingerprint density at radius 1 is 0.253 bits per heavy atom. The van der Waals surface area contributed by atoms with Gasteiger partial charge in [0.1, 0.15) is 0 Å². The molecule has 2 unspecified atom stereocenters. The van der Waals surface area contributed by atoms with E-state index in [1.807, 2.05) is 0 Å². The molecule has 3 aliphatic rings. The number of para-hydroxylation sites is 5. The van der Waals surface area contributed by atoms with Crippen LogP contribution in [0.25, 0.3) is 44.5 Å². The summed E-state index contributed by atoms with van der Waals surface area (Å²) in [5.74, 6) is 0.889. The molecular weight excluding hydrogens is 955 g/mol. The molecule has 3 heteroatoms. The summed E-state index contributed by atoms with van der Waals surface area (Å²) in [4.78, 5) is 6.99. The number of nitrogens with zero attached hydrogens (tertiary/aromatic N) is 3. The zero-order valence-corrected chi connectivity index (χ0v) is 44.9. The van der Waals surface area contributed by atoms with Crippen LogP contribution in [0.15, 0.2) is 308 Å². The first-order valence-electron chi connectivity index (χ1n) is 27.7. The molecule has 0 saturated heterocycles. The highest BCUT2D eigenvalue weighted by Crippen LogP contribution is 2.56. The minimum Gasteiger partial charge on any atom is -0.311 e. The summed E-state index contributed by atoms with van der Waals surface area (Å²) in [6.07, 6.45) is 5.13. The van der Waals surface area contributed by atoms with Gasteiger partial charge in [-0.15, -0.1) is 0 Å². The fraction of sp³-hybridized carbons (Fsp3) is 0.0789. The van der Waals surface area contributed by atoms with Crippen molar-refractivity contribution in [1.82, 2.24) is 0 Å². The molecule has 2 atom stereocenters. The molecule has 11 aromatic rings. The molecule has 0 radical (unpaired) electrons. The van der Waals surface area contributed by atoms with Gasteiger partial charge >= 0.3 is 0 Å². The van der Waals surface area contributed by atoms with Gasteiger partial charge in [-0.2, -0.15) is 0 Å².